The Morgan fingerprint density at radius 1 is 1.23 bits per heavy atom. The number of hydrogen-bond donors (Lipinski definition) is 2. The Hall–Kier alpha value is -1.81. The van der Waals surface area contributed by atoms with Crippen molar-refractivity contribution in [1.29, 1.82) is 0 Å². The zero-order chi connectivity index (χ0) is 16.3. The number of carbonyl (C=O) groups excluding carboxylic acids is 1. The van der Waals surface area contributed by atoms with Crippen LogP contribution in [0.25, 0.3) is 11.0 Å². The predicted octanol–water partition coefficient (Wildman–Crippen LogP) is 3.41. The highest BCUT2D eigenvalue weighted by atomic mass is 16.3. The second-order valence-corrected chi connectivity index (χ2v) is 6.28. The van der Waals surface area contributed by atoms with E-state index >= 15 is 0 Å². The molecule has 2 atom stereocenters. The van der Waals surface area contributed by atoms with Crippen LogP contribution < -0.4 is 10.6 Å². The molecule has 0 spiro atoms. The van der Waals surface area contributed by atoms with Crippen LogP contribution in [0.3, 0.4) is 0 Å². The van der Waals surface area contributed by atoms with E-state index in [9.17, 15) is 4.79 Å². The van der Waals surface area contributed by atoms with E-state index < -0.39 is 0 Å². The molecule has 22 heavy (non-hydrogen) atoms. The molecule has 0 aliphatic heterocycles. The van der Waals surface area contributed by atoms with Crippen LogP contribution in [0.2, 0.25) is 0 Å². The Morgan fingerprint density at radius 2 is 1.91 bits per heavy atom. The summed E-state index contributed by atoms with van der Waals surface area (Å²) in [6.07, 6.45) is 0. The molecule has 2 unspecified atom stereocenters. The van der Waals surface area contributed by atoms with Crippen molar-refractivity contribution in [3.05, 3.63) is 35.6 Å². The van der Waals surface area contributed by atoms with Gasteiger partial charge in [0.15, 0.2) is 0 Å². The average molecular weight is 302 g/mol. The van der Waals surface area contributed by atoms with Crippen molar-refractivity contribution in [3.8, 4) is 0 Å². The van der Waals surface area contributed by atoms with Gasteiger partial charge in [-0.3, -0.25) is 4.79 Å². The summed E-state index contributed by atoms with van der Waals surface area (Å²) < 4.78 is 6.03. The molecule has 1 aromatic carbocycles. The second kappa shape index (κ2) is 6.97. The number of hydrogen-bond acceptors (Lipinski definition) is 3. The largest absolute Gasteiger partial charge is 0.459 e. The van der Waals surface area contributed by atoms with Crippen LogP contribution in [-0.2, 0) is 4.79 Å². The van der Waals surface area contributed by atoms with Gasteiger partial charge in [-0.15, -0.1) is 0 Å². The zero-order valence-electron chi connectivity index (χ0n) is 14.1. The summed E-state index contributed by atoms with van der Waals surface area (Å²) in [6.45, 7) is 8.84. The van der Waals surface area contributed by atoms with Crippen molar-refractivity contribution in [1.82, 2.24) is 10.6 Å². The number of rotatable bonds is 6. The lowest BCUT2D eigenvalue weighted by Gasteiger charge is -2.23. The standard InChI is InChI=1S/C18H26N2O2/c1-11(2)16(20-18(21)12(3)10-19-5)17-13(4)14-8-6-7-9-15(14)22-17/h6-9,11-12,16,19H,10H2,1-5H3,(H,20,21). The first-order valence-corrected chi connectivity index (χ1v) is 7.88. The van der Waals surface area contributed by atoms with E-state index in [0.717, 1.165) is 22.3 Å². The van der Waals surface area contributed by atoms with E-state index in [0.29, 0.717) is 6.54 Å². The van der Waals surface area contributed by atoms with Crippen molar-refractivity contribution in [2.45, 2.75) is 33.7 Å². The molecule has 0 saturated carbocycles. The molecular weight excluding hydrogens is 276 g/mol. The van der Waals surface area contributed by atoms with E-state index in [2.05, 4.69) is 37.5 Å². The summed E-state index contributed by atoms with van der Waals surface area (Å²) in [5.74, 6) is 1.09. The van der Waals surface area contributed by atoms with Gasteiger partial charge in [-0.05, 0) is 26.0 Å². The third-order valence-corrected chi connectivity index (χ3v) is 4.09. The van der Waals surface area contributed by atoms with Gasteiger partial charge in [-0.25, -0.2) is 0 Å². The topological polar surface area (TPSA) is 54.3 Å². The fourth-order valence-corrected chi connectivity index (χ4v) is 2.72. The number of carbonyl (C=O) groups is 1. The Bertz CT molecular complexity index is 646. The first kappa shape index (κ1) is 16.6. The summed E-state index contributed by atoms with van der Waals surface area (Å²) in [5, 5.41) is 7.30. The normalized spacial score (nSPS) is 14.3. The Kier molecular flexibility index (Phi) is 5.24. The summed E-state index contributed by atoms with van der Waals surface area (Å²) in [4.78, 5) is 12.4. The van der Waals surface area contributed by atoms with E-state index in [1.165, 1.54) is 0 Å². The first-order chi connectivity index (χ1) is 10.5. The minimum absolute atomic E-state index is 0.0490. The van der Waals surface area contributed by atoms with Gasteiger partial charge in [0, 0.05) is 23.4 Å². The molecule has 120 valence electrons. The van der Waals surface area contributed by atoms with E-state index in [-0.39, 0.29) is 23.8 Å². The molecule has 0 aliphatic carbocycles. The van der Waals surface area contributed by atoms with E-state index in [1.807, 2.05) is 32.2 Å². The minimum Gasteiger partial charge on any atom is -0.459 e. The first-order valence-electron chi connectivity index (χ1n) is 7.88. The SMILES string of the molecule is CNCC(C)C(=O)NC(c1oc2ccccc2c1C)C(C)C. The van der Waals surface area contributed by atoms with Crippen molar-refractivity contribution < 1.29 is 9.21 Å². The summed E-state index contributed by atoms with van der Waals surface area (Å²) in [7, 11) is 1.85. The lowest BCUT2D eigenvalue weighted by Crippen LogP contribution is -2.38. The maximum Gasteiger partial charge on any atom is 0.224 e. The fraction of sp³-hybridized carbons (Fsp3) is 0.500. The fourth-order valence-electron chi connectivity index (χ4n) is 2.72. The van der Waals surface area contributed by atoms with Crippen LogP contribution in [0.5, 0.6) is 0 Å². The predicted molar refractivity (Wildman–Crippen MR) is 89.8 cm³/mol. The molecule has 4 nitrogen and oxygen atoms in total. The van der Waals surface area contributed by atoms with Gasteiger partial charge < -0.3 is 15.1 Å². The minimum atomic E-state index is -0.112. The van der Waals surface area contributed by atoms with Crippen molar-refractivity contribution in [2.24, 2.45) is 11.8 Å². The number of benzene rings is 1. The van der Waals surface area contributed by atoms with E-state index in [1.54, 1.807) is 0 Å². The average Bonchev–Trinajstić information content (AvgIpc) is 2.82. The molecule has 0 bridgehead atoms. The van der Waals surface area contributed by atoms with Crippen LogP contribution in [0.1, 0.15) is 38.1 Å². The van der Waals surface area contributed by atoms with Crippen LogP contribution in [0.15, 0.2) is 28.7 Å². The molecule has 0 radical (unpaired) electrons. The molecule has 0 aliphatic rings. The van der Waals surface area contributed by atoms with Gasteiger partial charge >= 0.3 is 0 Å². The van der Waals surface area contributed by atoms with Crippen LogP contribution in [0.4, 0.5) is 0 Å². The van der Waals surface area contributed by atoms with Crippen LogP contribution >= 0.6 is 0 Å². The molecule has 4 heteroatoms. The van der Waals surface area contributed by atoms with Crippen LogP contribution in [-0.4, -0.2) is 19.5 Å². The molecule has 1 amide bonds. The molecule has 0 saturated heterocycles. The van der Waals surface area contributed by atoms with Gasteiger partial charge in [0.25, 0.3) is 0 Å². The highest BCUT2D eigenvalue weighted by Gasteiger charge is 2.26. The highest BCUT2D eigenvalue weighted by molar-refractivity contribution is 5.83. The van der Waals surface area contributed by atoms with Gasteiger partial charge in [0.2, 0.25) is 5.91 Å². The molecular formula is C18H26N2O2. The Labute approximate surface area is 132 Å². The lowest BCUT2D eigenvalue weighted by molar-refractivity contribution is -0.125. The van der Waals surface area contributed by atoms with Crippen molar-refractivity contribution >= 4 is 16.9 Å². The smallest absolute Gasteiger partial charge is 0.224 e. The number of nitrogens with one attached hydrogen (secondary N) is 2. The Balaban J connectivity index is 2.30. The third-order valence-electron chi connectivity index (χ3n) is 4.09. The monoisotopic (exact) mass is 302 g/mol. The molecule has 0 fully saturated rings. The number of aryl methyl sites for hydroxylation is 1. The van der Waals surface area contributed by atoms with Crippen molar-refractivity contribution in [3.63, 3.8) is 0 Å². The van der Waals surface area contributed by atoms with Gasteiger partial charge in [-0.1, -0.05) is 39.0 Å². The second-order valence-electron chi connectivity index (χ2n) is 6.28. The zero-order valence-corrected chi connectivity index (χ0v) is 14.1. The number of furan rings is 1. The van der Waals surface area contributed by atoms with Gasteiger partial charge in [-0.2, -0.15) is 0 Å². The number of amides is 1. The quantitative estimate of drug-likeness (QED) is 0.860. The van der Waals surface area contributed by atoms with Gasteiger partial charge in [0.05, 0.1) is 6.04 Å². The summed E-state index contributed by atoms with van der Waals surface area (Å²) in [6, 6.07) is 7.88. The molecule has 2 N–H and O–H groups in total. The lowest BCUT2D eigenvalue weighted by atomic mass is 9.97. The van der Waals surface area contributed by atoms with E-state index in [4.69, 9.17) is 4.42 Å². The summed E-state index contributed by atoms with van der Waals surface area (Å²) >= 11 is 0. The van der Waals surface area contributed by atoms with Crippen molar-refractivity contribution in [2.75, 3.05) is 13.6 Å². The molecule has 1 aromatic heterocycles. The molecule has 2 rings (SSSR count). The van der Waals surface area contributed by atoms with Crippen LogP contribution in [0, 0.1) is 18.8 Å². The summed E-state index contributed by atoms with van der Waals surface area (Å²) in [5.41, 5.74) is 1.98. The third kappa shape index (κ3) is 3.33. The highest BCUT2D eigenvalue weighted by Crippen LogP contribution is 2.32. The maximum absolute atomic E-state index is 12.4. The van der Waals surface area contributed by atoms with Gasteiger partial charge in [0.1, 0.15) is 11.3 Å². The number of fused-ring (bicyclic) bond motifs is 1. The molecule has 2 aromatic rings. The maximum atomic E-state index is 12.4. The Morgan fingerprint density at radius 3 is 2.50 bits per heavy atom. The number of para-hydroxylation sites is 1. The molecule has 1 heterocycles.